The lowest BCUT2D eigenvalue weighted by Crippen LogP contribution is -2.61. The molecule has 3 fully saturated rings. The van der Waals surface area contributed by atoms with Crippen LogP contribution < -0.4 is 19.1 Å². The van der Waals surface area contributed by atoms with Gasteiger partial charge in [-0.25, -0.2) is 4.21 Å². The summed E-state index contributed by atoms with van der Waals surface area (Å²) in [4.78, 5) is 35.6. The zero-order valence-electron chi connectivity index (χ0n) is 36.4. The number of ether oxygens (including phenoxy) is 4. The monoisotopic (exact) mass is 889 g/mol. The number of carbonyl (C=O) groups excluding carboxylic acids is 2. The Hall–Kier alpha value is -3.99. The Labute approximate surface area is 370 Å². The molecule has 14 nitrogen and oxygen atoms in total. The van der Waals surface area contributed by atoms with Crippen LogP contribution in [0.3, 0.4) is 0 Å². The predicted molar refractivity (Wildman–Crippen MR) is 239 cm³/mol. The topological polar surface area (TPSA) is 140 Å². The number of benzene rings is 2. The largest absolute Gasteiger partial charge is 0.490 e. The first-order valence-corrected chi connectivity index (χ1v) is 24.2. The molecule has 6 atom stereocenters. The summed E-state index contributed by atoms with van der Waals surface area (Å²) in [5, 5.41) is 4.94. The Kier molecular flexibility index (Phi) is 12.2. The first kappa shape index (κ1) is 43.3. The minimum atomic E-state index is -3.66. The summed E-state index contributed by atoms with van der Waals surface area (Å²) in [6.07, 6.45) is 11.5. The van der Waals surface area contributed by atoms with Crippen molar-refractivity contribution in [3.05, 3.63) is 82.0 Å². The Morgan fingerprint density at radius 1 is 1.10 bits per heavy atom. The minimum Gasteiger partial charge on any atom is -0.490 e. The Bertz CT molecular complexity index is 2340. The molecule has 2 amide bonds. The number of carbonyl (C=O) groups is 2. The SMILES string of the molecule is COc1nn(C)cc1C(=O)N[S@@]1(=O)=NC(=O)c2ccc3c(c2)N(C[C@@H]2CC[C@H]2[C@](CN2CCN(C4COC4)CC2)(OC)/C=C/C[C@H](C)C1)C[C@@]1(CCCc2cc(Cl)ccc21)CO3. The summed E-state index contributed by atoms with van der Waals surface area (Å²) in [5.41, 5.74) is 2.81. The van der Waals surface area contributed by atoms with E-state index in [9.17, 15) is 13.8 Å². The Morgan fingerprint density at radius 2 is 1.92 bits per heavy atom. The number of piperazine rings is 1. The van der Waals surface area contributed by atoms with Crippen molar-refractivity contribution in [2.24, 2.45) is 29.2 Å². The van der Waals surface area contributed by atoms with Crippen LogP contribution in [-0.2, 0) is 38.3 Å². The maximum absolute atomic E-state index is 15.0. The lowest BCUT2D eigenvalue weighted by Gasteiger charge is -2.52. The second-order valence-corrected chi connectivity index (χ2v) is 20.9. The van der Waals surface area contributed by atoms with Crippen molar-refractivity contribution >= 4 is 39.0 Å². The molecule has 5 heterocycles. The summed E-state index contributed by atoms with van der Waals surface area (Å²) in [6, 6.07) is 12.2. The molecule has 1 N–H and O–H groups in total. The third-order valence-corrected chi connectivity index (χ3v) is 16.6. The molecule has 2 aromatic carbocycles. The van der Waals surface area contributed by atoms with Gasteiger partial charge >= 0.3 is 0 Å². The van der Waals surface area contributed by atoms with Gasteiger partial charge in [-0.2, -0.15) is 0 Å². The van der Waals surface area contributed by atoms with E-state index in [0.29, 0.717) is 37.3 Å². The van der Waals surface area contributed by atoms with Gasteiger partial charge < -0.3 is 23.8 Å². The van der Waals surface area contributed by atoms with Gasteiger partial charge in [0.1, 0.15) is 26.8 Å². The molecule has 1 saturated carbocycles. The van der Waals surface area contributed by atoms with Crippen molar-refractivity contribution in [1.29, 1.82) is 0 Å². The number of anilines is 1. The van der Waals surface area contributed by atoms with Crippen molar-refractivity contribution in [3.63, 3.8) is 0 Å². The number of aryl methyl sites for hydroxylation is 2. The first-order chi connectivity index (χ1) is 29.9. The molecule has 9 rings (SSSR count). The van der Waals surface area contributed by atoms with Gasteiger partial charge in [-0.15, -0.1) is 9.46 Å². The van der Waals surface area contributed by atoms with Gasteiger partial charge in [-0.05, 0) is 97.7 Å². The number of nitrogens with one attached hydrogen (secondary N) is 1. The molecular formula is C46H60ClN7O7S. The number of hydrogen-bond acceptors (Lipinski definition) is 11. The summed E-state index contributed by atoms with van der Waals surface area (Å²) >= 11 is 6.56. The maximum atomic E-state index is 15.0. The van der Waals surface area contributed by atoms with Crippen LogP contribution in [0.25, 0.3) is 0 Å². The lowest BCUT2D eigenvalue weighted by molar-refractivity contribution is -0.107. The fraction of sp³-hybridized carbons (Fsp3) is 0.587. The van der Waals surface area contributed by atoms with Crippen LogP contribution in [0.1, 0.15) is 70.9 Å². The van der Waals surface area contributed by atoms with Crippen molar-refractivity contribution in [1.82, 2.24) is 24.3 Å². The molecule has 334 valence electrons. The van der Waals surface area contributed by atoms with Gasteiger partial charge in [0, 0.05) is 82.2 Å². The van der Waals surface area contributed by atoms with Gasteiger partial charge in [0.25, 0.3) is 11.8 Å². The van der Waals surface area contributed by atoms with Gasteiger partial charge in [-0.3, -0.25) is 28.8 Å². The highest BCUT2D eigenvalue weighted by molar-refractivity contribution is 7.92. The van der Waals surface area contributed by atoms with Gasteiger partial charge in [0.05, 0.1) is 44.4 Å². The fourth-order valence-corrected chi connectivity index (χ4v) is 12.9. The maximum Gasteiger partial charge on any atom is 0.286 e. The van der Waals surface area contributed by atoms with Gasteiger partial charge in [0.2, 0.25) is 5.88 Å². The number of aromatic nitrogens is 2. The molecule has 1 aromatic heterocycles. The van der Waals surface area contributed by atoms with Gasteiger partial charge in [0.15, 0.2) is 0 Å². The van der Waals surface area contributed by atoms with E-state index in [0.717, 1.165) is 95.3 Å². The van der Waals surface area contributed by atoms with E-state index >= 15 is 0 Å². The smallest absolute Gasteiger partial charge is 0.286 e. The molecule has 0 unspecified atom stereocenters. The summed E-state index contributed by atoms with van der Waals surface area (Å²) in [6.45, 7) is 10.2. The fourth-order valence-electron chi connectivity index (χ4n) is 10.8. The number of halogens is 1. The normalized spacial score (nSPS) is 31.3. The van der Waals surface area contributed by atoms with Gasteiger partial charge in [-0.1, -0.05) is 36.7 Å². The molecule has 16 heteroatoms. The average molecular weight is 891 g/mol. The van der Waals surface area contributed by atoms with Crippen LogP contribution in [0.2, 0.25) is 5.02 Å². The summed E-state index contributed by atoms with van der Waals surface area (Å²) < 4.78 is 47.9. The molecule has 2 aliphatic carbocycles. The van der Waals surface area contributed by atoms with E-state index in [-0.39, 0.29) is 40.0 Å². The molecule has 2 saturated heterocycles. The third-order valence-electron chi connectivity index (χ3n) is 14.3. The lowest BCUT2D eigenvalue weighted by atomic mass is 9.63. The zero-order valence-corrected chi connectivity index (χ0v) is 37.9. The standard InChI is InChI=1S/C46H60ClN7O7S/c1-31-7-5-16-46(59-4,29-52-17-19-53(20-18-52)36-25-60-26-36)39-12-9-34(39)23-54-28-45(15-6-8-32-21-35(47)11-13-38(32)45)30-61-41-14-10-33(22-40(41)54)42(55)49-62(57,27-31)50-43(56)37-24-51(2)48-44(37)58-3/h5,10-11,13-14,16,21-22,24,31,34,36,39H,6-9,12,15,17-20,23,25-30H2,1-4H3,(H,49,50,55,56,57)/b16-5+/t31-,34-,39+,45-,46-,62-/m0/s1. The van der Waals surface area contributed by atoms with E-state index < -0.39 is 27.3 Å². The number of amides is 2. The molecule has 2 bridgehead atoms. The number of hydrogen-bond donors (Lipinski definition) is 1. The van der Waals surface area contributed by atoms with Crippen LogP contribution >= 0.6 is 11.6 Å². The minimum absolute atomic E-state index is 0.0532. The highest BCUT2D eigenvalue weighted by atomic mass is 35.5. The first-order valence-electron chi connectivity index (χ1n) is 22.2. The van der Waals surface area contributed by atoms with E-state index in [1.165, 1.54) is 29.1 Å². The van der Waals surface area contributed by atoms with E-state index in [1.54, 1.807) is 13.1 Å². The van der Waals surface area contributed by atoms with E-state index in [4.69, 9.17) is 30.5 Å². The van der Waals surface area contributed by atoms with Crippen LogP contribution in [0.4, 0.5) is 5.69 Å². The van der Waals surface area contributed by atoms with E-state index in [1.807, 2.05) is 32.2 Å². The molecule has 6 aliphatic rings. The highest BCUT2D eigenvalue weighted by Gasteiger charge is 2.50. The van der Waals surface area contributed by atoms with Crippen molar-refractivity contribution in [2.45, 2.75) is 62.5 Å². The zero-order chi connectivity index (χ0) is 43.2. The van der Waals surface area contributed by atoms with Crippen molar-refractivity contribution in [2.75, 3.05) is 90.5 Å². The quantitative estimate of drug-likeness (QED) is 0.300. The Balaban J connectivity index is 1.11. The van der Waals surface area contributed by atoms with Crippen LogP contribution in [0.15, 0.2) is 59.1 Å². The second kappa shape index (κ2) is 17.5. The Morgan fingerprint density at radius 3 is 2.65 bits per heavy atom. The van der Waals surface area contributed by atoms with Crippen molar-refractivity contribution in [3.8, 4) is 11.6 Å². The molecule has 1 spiro atoms. The molecular weight excluding hydrogens is 830 g/mol. The van der Waals surface area contributed by atoms with Crippen molar-refractivity contribution < 1.29 is 32.7 Å². The summed E-state index contributed by atoms with van der Waals surface area (Å²) in [7, 11) is 1.27. The second-order valence-electron chi connectivity index (χ2n) is 18.5. The van der Waals surface area contributed by atoms with Crippen LogP contribution in [0, 0.1) is 17.8 Å². The number of nitrogens with zero attached hydrogens (tertiary/aromatic N) is 6. The molecule has 0 radical (unpaired) electrons. The highest BCUT2D eigenvalue weighted by Crippen LogP contribution is 2.49. The third kappa shape index (κ3) is 8.52. The number of rotatable bonds is 7. The van der Waals surface area contributed by atoms with E-state index in [2.05, 4.69) is 53.2 Å². The summed E-state index contributed by atoms with van der Waals surface area (Å²) in [5.74, 6) is -0.334. The number of methoxy groups -OCH3 is 2. The molecule has 3 aromatic rings. The average Bonchev–Trinajstić information content (AvgIpc) is 3.54. The molecule has 62 heavy (non-hydrogen) atoms. The van der Waals surface area contributed by atoms with Crippen LogP contribution in [-0.4, -0.2) is 133 Å². The number of allylic oxidation sites excluding steroid dienone is 1. The van der Waals surface area contributed by atoms with Crippen LogP contribution in [0.5, 0.6) is 11.6 Å². The predicted octanol–water partition coefficient (Wildman–Crippen LogP) is 5.53. The number of fused-ring (bicyclic) bond motifs is 4. The molecule has 4 aliphatic heterocycles.